The molecule has 1 fully saturated rings. The lowest BCUT2D eigenvalue weighted by molar-refractivity contribution is 0.375. The molecule has 0 aromatic heterocycles. The van der Waals surface area contributed by atoms with Gasteiger partial charge in [-0.15, -0.1) is 24.0 Å². The van der Waals surface area contributed by atoms with Crippen LogP contribution in [0, 0.1) is 17.1 Å². The van der Waals surface area contributed by atoms with Crippen LogP contribution in [-0.2, 0) is 6.54 Å². The zero-order valence-electron chi connectivity index (χ0n) is 15.9. The van der Waals surface area contributed by atoms with E-state index in [1.54, 1.807) is 13.1 Å². The van der Waals surface area contributed by atoms with E-state index >= 15 is 0 Å². The van der Waals surface area contributed by atoms with Crippen molar-refractivity contribution in [2.45, 2.75) is 19.4 Å². The summed E-state index contributed by atoms with van der Waals surface area (Å²) in [7, 11) is 1.74. The molecule has 6 heteroatoms. The van der Waals surface area contributed by atoms with Gasteiger partial charge in [-0.1, -0.05) is 42.0 Å². The number of rotatable bonds is 3. The predicted octanol–water partition coefficient (Wildman–Crippen LogP) is 4.57. The lowest BCUT2D eigenvalue weighted by Gasteiger charge is -2.31. The van der Waals surface area contributed by atoms with E-state index in [1.165, 1.54) is 23.3 Å². The first-order valence-electron chi connectivity index (χ1n) is 9.08. The van der Waals surface area contributed by atoms with E-state index in [2.05, 4.69) is 33.4 Å². The smallest absolute Gasteiger partial charge is 0.193 e. The quantitative estimate of drug-likeness (QED) is 0.390. The molecule has 0 bridgehead atoms. The van der Waals surface area contributed by atoms with Gasteiger partial charge in [0.05, 0.1) is 11.6 Å². The minimum Gasteiger partial charge on any atom is -0.352 e. The summed E-state index contributed by atoms with van der Waals surface area (Å²) in [5, 5.41) is 12.2. The molecule has 0 atom stereocenters. The standard InChI is InChI=1S/C22H23FN4.HI/c1-25-22(26-16-20-14-19(15-24)7-8-21(20)23)27-11-9-18(10-12-27)13-17-5-3-2-4-6-17;/h2-8,13-14H,9-12,16H2,1H3,(H,25,26);1H. The van der Waals surface area contributed by atoms with Gasteiger partial charge in [0, 0.05) is 32.2 Å². The highest BCUT2D eigenvalue weighted by Crippen LogP contribution is 2.19. The largest absolute Gasteiger partial charge is 0.352 e. The molecule has 1 aliphatic heterocycles. The van der Waals surface area contributed by atoms with Gasteiger partial charge in [-0.2, -0.15) is 5.26 Å². The lowest BCUT2D eigenvalue weighted by atomic mass is 10.0. The average Bonchev–Trinajstić information content (AvgIpc) is 2.71. The molecule has 0 unspecified atom stereocenters. The molecule has 1 N–H and O–H groups in total. The Morgan fingerprint density at radius 3 is 2.57 bits per heavy atom. The Bertz CT molecular complexity index is 877. The van der Waals surface area contributed by atoms with Crippen LogP contribution in [0.3, 0.4) is 0 Å². The molecule has 0 amide bonds. The van der Waals surface area contributed by atoms with E-state index < -0.39 is 0 Å². The summed E-state index contributed by atoms with van der Waals surface area (Å²) in [6.07, 6.45) is 4.22. The monoisotopic (exact) mass is 490 g/mol. The topological polar surface area (TPSA) is 51.4 Å². The van der Waals surface area contributed by atoms with Crippen molar-refractivity contribution in [2.75, 3.05) is 20.1 Å². The summed E-state index contributed by atoms with van der Waals surface area (Å²) in [5.74, 6) is 0.444. The van der Waals surface area contributed by atoms with Crippen molar-refractivity contribution in [3.8, 4) is 6.07 Å². The third-order valence-electron chi connectivity index (χ3n) is 4.70. The maximum Gasteiger partial charge on any atom is 0.193 e. The van der Waals surface area contributed by atoms with Gasteiger partial charge in [0.2, 0.25) is 0 Å². The highest BCUT2D eigenvalue weighted by Gasteiger charge is 2.17. The van der Waals surface area contributed by atoms with Gasteiger partial charge >= 0.3 is 0 Å². The highest BCUT2D eigenvalue weighted by atomic mass is 127. The molecule has 0 radical (unpaired) electrons. The number of piperidine rings is 1. The second kappa shape index (κ2) is 10.8. The van der Waals surface area contributed by atoms with Crippen molar-refractivity contribution in [3.63, 3.8) is 0 Å². The molecular formula is C22H24FIN4. The van der Waals surface area contributed by atoms with Crippen molar-refractivity contribution in [2.24, 2.45) is 4.99 Å². The Balaban J connectivity index is 0.00000280. The third-order valence-corrected chi connectivity index (χ3v) is 4.70. The zero-order chi connectivity index (χ0) is 19.1. The number of guanidine groups is 1. The van der Waals surface area contributed by atoms with Gasteiger partial charge in [-0.25, -0.2) is 4.39 Å². The van der Waals surface area contributed by atoms with Gasteiger partial charge in [0.1, 0.15) is 5.82 Å². The minimum atomic E-state index is -0.316. The fourth-order valence-electron chi connectivity index (χ4n) is 3.22. The summed E-state index contributed by atoms with van der Waals surface area (Å²) >= 11 is 0. The molecule has 1 heterocycles. The van der Waals surface area contributed by atoms with Crippen molar-refractivity contribution in [1.29, 1.82) is 5.26 Å². The molecule has 2 aromatic rings. The normalized spacial score (nSPS) is 14.1. The first-order chi connectivity index (χ1) is 13.2. The molecule has 146 valence electrons. The van der Waals surface area contributed by atoms with Crippen LogP contribution >= 0.6 is 24.0 Å². The summed E-state index contributed by atoms with van der Waals surface area (Å²) < 4.78 is 14.0. The summed E-state index contributed by atoms with van der Waals surface area (Å²) in [6.45, 7) is 2.05. The van der Waals surface area contributed by atoms with Gasteiger partial charge in [0.15, 0.2) is 5.96 Å². The van der Waals surface area contributed by atoms with Gasteiger partial charge < -0.3 is 10.2 Å². The van der Waals surface area contributed by atoms with E-state index in [-0.39, 0.29) is 29.8 Å². The second-order valence-corrected chi connectivity index (χ2v) is 6.52. The maximum absolute atomic E-state index is 14.0. The van der Waals surface area contributed by atoms with Crippen LogP contribution in [0.15, 0.2) is 59.1 Å². The van der Waals surface area contributed by atoms with E-state index in [9.17, 15) is 4.39 Å². The van der Waals surface area contributed by atoms with Crippen LogP contribution in [-0.4, -0.2) is 31.0 Å². The second-order valence-electron chi connectivity index (χ2n) is 6.52. The molecule has 2 aromatic carbocycles. The minimum absolute atomic E-state index is 0. The molecule has 4 nitrogen and oxygen atoms in total. The Hall–Kier alpha value is -2.40. The summed E-state index contributed by atoms with van der Waals surface area (Å²) in [4.78, 5) is 6.52. The van der Waals surface area contributed by atoms with Gasteiger partial charge in [0.25, 0.3) is 0 Å². The van der Waals surface area contributed by atoms with E-state index in [4.69, 9.17) is 5.26 Å². The molecule has 0 aliphatic carbocycles. The Labute approximate surface area is 182 Å². The van der Waals surface area contributed by atoms with E-state index in [1.807, 2.05) is 24.3 Å². The molecule has 3 rings (SSSR count). The van der Waals surface area contributed by atoms with Crippen molar-refractivity contribution in [1.82, 2.24) is 10.2 Å². The van der Waals surface area contributed by atoms with Crippen LogP contribution in [0.2, 0.25) is 0 Å². The van der Waals surface area contributed by atoms with E-state index in [0.29, 0.717) is 17.7 Å². The molecule has 1 saturated heterocycles. The van der Waals surface area contributed by atoms with Crippen LogP contribution in [0.5, 0.6) is 0 Å². The number of aliphatic imine (C=N–C) groups is 1. The molecular weight excluding hydrogens is 466 g/mol. The van der Waals surface area contributed by atoms with E-state index in [0.717, 1.165) is 31.9 Å². The fraction of sp³-hybridized carbons (Fsp3) is 0.273. The first kappa shape index (κ1) is 21.9. The Kier molecular flexibility index (Phi) is 8.45. The SMILES string of the molecule is CN=C(NCc1cc(C#N)ccc1F)N1CCC(=Cc2ccccc2)CC1.I. The predicted molar refractivity (Wildman–Crippen MR) is 122 cm³/mol. The van der Waals surface area contributed by atoms with Crippen molar-refractivity contribution >= 4 is 36.0 Å². The fourth-order valence-corrected chi connectivity index (χ4v) is 3.22. The number of halogens is 2. The zero-order valence-corrected chi connectivity index (χ0v) is 18.2. The number of hydrogen-bond donors (Lipinski definition) is 1. The first-order valence-corrected chi connectivity index (χ1v) is 9.08. The number of nitriles is 1. The number of hydrogen-bond acceptors (Lipinski definition) is 2. The molecule has 0 spiro atoms. The van der Waals surface area contributed by atoms with Crippen LogP contribution in [0.25, 0.3) is 6.08 Å². The summed E-state index contributed by atoms with van der Waals surface area (Å²) in [5.41, 5.74) is 3.59. The Morgan fingerprint density at radius 1 is 1.21 bits per heavy atom. The number of nitrogens with one attached hydrogen (secondary N) is 1. The van der Waals surface area contributed by atoms with Crippen molar-refractivity contribution < 1.29 is 4.39 Å². The number of benzene rings is 2. The van der Waals surface area contributed by atoms with Gasteiger partial charge in [-0.05, 0) is 36.6 Å². The van der Waals surface area contributed by atoms with Crippen LogP contribution in [0.4, 0.5) is 4.39 Å². The average molecular weight is 490 g/mol. The number of nitrogens with zero attached hydrogens (tertiary/aromatic N) is 3. The summed E-state index contributed by atoms with van der Waals surface area (Å²) in [6, 6.07) is 16.8. The number of likely N-dealkylation sites (tertiary alicyclic amines) is 1. The van der Waals surface area contributed by atoms with Crippen LogP contribution in [0.1, 0.15) is 29.5 Å². The molecule has 0 saturated carbocycles. The lowest BCUT2D eigenvalue weighted by Crippen LogP contribution is -2.44. The maximum atomic E-state index is 14.0. The Morgan fingerprint density at radius 2 is 1.93 bits per heavy atom. The molecule has 28 heavy (non-hydrogen) atoms. The third kappa shape index (κ3) is 5.80. The van der Waals surface area contributed by atoms with Gasteiger partial charge in [-0.3, -0.25) is 4.99 Å². The van der Waals surface area contributed by atoms with Crippen molar-refractivity contribution in [3.05, 3.63) is 76.6 Å². The van der Waals surface area contributed by atoms with Crippen LogP contribution < -0.4 is 5.32 Å². The highest BCUT2D eigenvalue weighted by molar-refractivity contribution is 14.0. The molecule has 1 aliphatic rings.